The number of hydrogen-bond acceptors (Lipinski definition) is 1. The lowest BCUT2D eigenvalue weighted by molar-refractivity contribution is 0.286. The summed E-state index contributed by atoms with van der Waals surface area (Å²) in [5, 5.41) is 3.22. The molecule has 70 valence electrons. The molecule has 0 radical (unpaired) electrons. The second-order valence-corrected chi connectivity index (χ2v) is 3.53. The van der Waals surface area contributed by atoms with Gasteiger partial charge < -0.3 is 5.32 Å². The van der Waals surface area contributed by atoms with Crippen molar-refractivity contribution >= 4 is 0 Å². The molecule has 0 aromatic heterocycles. The highest BCUT2D eigenvalue weighted by Gasteiger charge is 2.25. The molecule has 2 atom stereocenters. The van der Waals surface area contributed by atoms with Crippen LogP contribution < -0.4 is 5.32 Å². The van der Waals surface area contributed by atoms with Crippen LogP contribution in [-0.2, 0) is 0 Å². The third-order valence-electron chi connectivity index (χ3n) is 2.42. The van der Waals surface area contributed by atoms with E-state index in [1.54, 1.807) is 6.07 Å². The quantitative estimate of drug-likeness (QED) is 0.704. The molecule has 0 bridgehead atoms. The zero-order valence-corrected chi connectivity index (χ0v) is 7.35. The summed E-state index contributed by atoms with van der Waals surface area (Å²) in [7, 11) is 0. The Morgan fingerprint density at radius 3 is 2.54 bits per heavy atom. The first-order valence-corrected chi connectivity index (χ1v) is 4.38. The van der Waals surface area contributed by atoms with Crippen LogP contribution in [0.2, 0.25) is 0 Å². The second kappa shape index (κ2) is 3.07. The van der Waals surface area contributed by atoms with E-state index in [-0.39, 0.29) is 6.04 Å². The topological polar surface area (TPSA) is 12.0 Å². The molecular formula is C10H11F2N. The number of hydrogen-bond donors (Lipinski definition) is 1. The van der Waals surface area contributed by atoms with E-state index in [4.69, 9.17) is 0 Å². The Labute approximate surface area is 75.8 Å². The van der Waals surface area contributed by atoms with Crippen molar-refractivity contribution in [3.63, 3.8) is 0 Å². The molecule has 0 spiro atoms. The van der Waals surface area contributed by atoms with Crippen molar-refractivity contribution in [2.75, 3.05) is 0 Å². The number of rotatable bonds is 1. The molecule has 1 N–H and O–H groups in total. The Balaban J connectivity index is 2.18. The normalized spacial score (nSPS) is 27.0. The summed E-state index contributed by atoms with van der Waals surface area (Å²) in [6, 6.07) is 4.75. The van der Waals surface area contributed by atoms with Gasteiger partial charge >= 0.3 is 0 Å². The molecule has 0 saturated carbocycles. The van der Waals surface area contributed by atoms with Gasteiger partial charge in [-0.05, 0) is 31.0 Å². The number of benzene rings is 1. The second-order valence-electron chi connectivity index (χ2n) is 3.53. The standard InChI is InChI=1S/C10H11F2N/c1-6-4-10(13-6)7-2-3-8(11)9(12)5-7/h2-3,5-6,10,13H,4H2,1H3. The van der Waals surface area contributed by atoms with Crippen molar-refractivity contribution in [3.8, 4) is 0 Å². The van der Waals surface area contributed by atoms with E-state index in [0.717, 1.165) is 12.0 Å². The Morgan fingerprint density at radius 2 is 2.00 bits per heavy atom. The molecule has 1 heterocycles. The minimum absolute atomic E-state index is 0.199. The highest BCUT2D eigenvalue weighted by molar-refractivity contribution is 5.23. The van der Waals surface area contributed by atoms with Gasteiger partial charge in [-0.15, -0.1) is 0 Å². The van der Waals surface area contributed by atoms with E-state index in [1.807, 2.05) is 0 Å². The summed E-state index contributed by atoms with van der Waals surface area (Å²) < 4.78 is 25.4. The Morgan fingerprint density at radius 1 is 1.31 bits per heavy atom. The molecule has 0 amide bonds. The molecule has 2 rings (SSSR count). The highest BCUT2D eigenvalue weighted by atomic mass is 19.2. The minimum Gasteiger partial charge on any atom is -0.307 e. The predicted octanol–water partition coefficient (Wildman–Crippen LogP) is 2.39. The zero-order chi connectivity index (χ0) is 9.42. The minimum atomic E-state index is -0.781. The van der Waals surface area contributed by atoms with Crippen LogP contribution in [0.3, 0.4) is 0 Å². The van der Waals surface area contributed by atoms with Gasteiger partial charge in [0.1, 0.15) is 0 Å². The van der Waals surface area contributed by atoms with Gasteiger partial charge in [0.2, 0.25) is 0 Å². The van der Waals surface area contributed by atoms with E-state index < -0.39 is 11.6 Å². The van der Waals surface area contributed by atoms with Crippen LogP contribution in [0.15, 0.2) is 18.2 Å². The van der Waals surface area contributed by atoms with Crippen molar-refractivity contribution in [3.05, 3.63) is 35.4 Å². The van der Waals surface area contributed by atoms with Crippen molar-refractivity contribution in [2.24, 2.45) is 0 Å². The van der Waals surface area contributed by atoms with Crippen LogP contribution in [-0.4, -0.2) is 6.04 Å². The fraction of sp³-hybridized carbons (Fsp3) is 0.400. The molecule has 1 fully saturated rings. The predicted molar refractivity (Wildman–Crippen MR) is 46.3 cm³/mol. The van der Waals surface area contributed by atoms with Crippen LogP contribution in [0.4, 0.5) is 8.78 Å². The lowest BCUT2D eigenvalue weighted by atomic mass is 9.92. The van der Waals surface area contributed by atoms with Crippen molar-refractivity contribution in [1.29, 1.82) is 0 Å². The maximum absolute atomic E-state index is 12.8. The first-order chi connectivity index (χ1) is 6.16. The van der Waals surface area contributed by atoms with Crippen molar-refractivity contribution in [1.82, 2.24) is 5.32 Å². The van der Waals surface area contributed by atoms with Crippen LogP contribution in [0.5, 0.6) is 0 Å². The van der Waals surface area contributed by atoms with Gasteiger partial charge in [-0.2, -0.15) is 0 Å². The van der Waals surface area contributed by atoms with Gasteiger partial charge in [-0.1, -0.05) is 6.07 Å². The number of halogens is 2. The average Bonchev–Trinajstić information content (AvgIpc) is 2.05. The fourth-order valence-corrected chi connectivity index (χ4v) is 1.63. The average molecular weight is 183 g/mol. The van der Waals surface area contributed by atoms with Crippen molar-refractivity contribution in [2.45, 2.75) is 25.4 Å². The summed E-state index contributed by atoms with van der Waals surface area (Å²) in [4.78, 5) is 0. The van der Waals surface area contributed by atoms with Gasteiger partial charge in [0.25, 0.3) is 0 Å². The molecule has 1 aromatic carbocycles. The Bertz CT molecular complexity index is 319. The van der Waals surface area contributed by atoms with E-state index >= 15 is 0 Å². The van der Waals surface area contributed by atoms with Crippen LogP contribution in [0, 0.1) is 11.6 Å². The lowest BCUT2D eigenvalue weighted by Crippen LogP contribution is -2.43. The smallest absolute Gasteiger partial charge is 0.159 e. The molecule has 1 nitrogen and oxygen atoms in total. The molecule has 13 heavy (non-hydrogen) atoms. The van der Waals surface area contributed by atoms with Crippen LogP contribution in [0.25, 0.3) is 0 Å². The lowest BCUT2D eigenvalue weighted by Gasteiger charge is -2.35. The van der Waals surface area contributed by atoms with Crippen LogP contribution in [0.1, 0.15) is 24.9 Å². The van der Waals surface area contributed by atoms with Gasteiger partial charge in [0.05, 0.1) is 0 Å². The maximum Gasteiger partial charge on any atom is 0.159 e. The van der Waals surface area contributed by atoms with E-state index in [2.05, 4.69) is 12.2 Å². The van der Waals surface area contributed by atoms with E-state index in [1.165, 1.54) is 12.1 Å². The summed E-state index contributed by atoms with van der Waals surface area (Å²) in [6.07, 6.45) is 0.991. The third kappa shape index (κ3) is 1.56. The monoisotopic (exact) mass is 183 g/mol. The summed E-state index contributed by atoms with van der Waals surface area (Å²) in [5.41, 5.74) is 0.831. The molecule has 3 heteroatoms. The number of nitrogens with one attached hydrogen (secondary N) is 1. The van der Waals surface area contributed by atoms with Gasteiger partial charge in [-0.3, -0.25) is 0 Å². The molecule has 1 aromatic rings. The molecule has 2 unspecified atom stereocenters. The first kappa shape index (κ1) is 8.63. The highest BCUT2D eigenvalue weighted by Crippen LogP contribution is 2.28. The van der Waals surface area contributed by atoms with Gasteiger partial charge in [-0.25, -0.2) is 8.78 Å². The molecule has 1 aliphatic heterocycles. The molecule has 1 aliphatic rings. The summed E-state index contributed by atoms with van der Waals surface area (Å²) in [6.45, 7) is 2.07. The Kier molecular flexibility index (Phi) is 2.04. The Hall–Kier alpha value is -0.960. The van der Waals surface area contributed by atoms with E-state index in [0.29, 0.717) is 6.04 Å². The van der Waals surface area contributed by atoms with Gasteiger partial charge in [0, 0.05) is 12.1 Å². The zero-order valence-electron chi connectivity index (χ0n) is 7.35. The summed E-state index contributed by atoms with van der Waals surface area (Å²) >= 11 is 0. The molecule has 0 aliphatic carbocycles. The first-order valence-electron chi connectivity index (χ1n) is 4.38. The largest absolute Gasteiger partial charge is 0.307 e. The van der Waals surface area contributed by atoms with Gasteiger partial charge in [0.15, 0.2) is 11.6 Å². The maximum atomic E-state index is 12.8. The molecular weight excluding hydrogens is 172 g/mol. The fourth-order valence-electron chi connectivity index (χ4n) is 1.63. The third-order valence-corrected chi connectivity index (χ3v) is 2.42. The van der Waals surface area contributed by atoms with Crippen LogP contribution >= 0.6 is 0 Å². The van der Waals surface area contributed by atoms with E-state index in [9.17, 15) is 8.78 Å². The SMILES string of the molecule is CC1CC(c2ccc(F)c(F)c2)N1. The molecule has 1 saturated heterocycles. The summed E-state index contributed by atoms with van der Waals surface area (Å²) in [5.74, 6) is -1.55. The van der Waals surface area contributed by atoms with Crippen molar-refractivity contribution < 1.29 is 8.78 Å².